The van der Waals surface area contributed by atoms with Gasteiger partial charge in [0.15, 0.2) is 0 Å². The van der Waals surface area contributed by atoms with E-state index >= 15 is 0 Å². The van der Waals surface area contributed by atoms with Crippen molar-refractivity contribution in [1.82, 2.24) is 14.3 Å². The summed E-state index contributed by atoms with van der Waals surface area (Å²) < 4.78 is 25.7. The van der Waals surface area contributed by atoms with Gasteiger partial charge in [-0.25, -0.2) is 17.7 Å². The molecule has 0 radical (unpaired) electrons. The van der Waals surface area contributed by atoms with E-state index in [9.17, 15) is 8.42 Å². The van der Waals surface area contributed by atoms with Gasteiger partial charge in [0.2, 0.25) is 16.0 Å². The number of piperidine rings is 1. The van der Waals surface area contributed by atoms with Crippen molar-refractivity contribution in [1.29, 1.82) is 0 Å². The normalized spacial score (nSPS) is 17.8. The standard InChI is InChI=1S/C12H20ClN5O2S/c13-5-1-9-21(19,20)18-7-3-10(4-8-18)16-12-15-6-2-11(14)17-12/h2,6,10H,1,3-5,7-9H2,(H3,14,15,16,17). The lowest BCUT2D eigenvalue weighted by atomic mass is 10.1. The molecule has 0 aromatic carbocycles. The fourth-order valence-electron chi connectivity index (χ4n) is 2.27. The quantitative estimate of drug-likeness (QED) is 0.750. The van der Waals surface area contributed by atoms with Crippen LogP contribution in [0.25, 0.3) is 0 Å². The molecule has 3 N–H and O–H groups in total. The van der Waals surface area contributed by atoms with Gasteiger partial charge in [0.25, 0.3) is 0 Å². The van der Waals surface area contributed by atoms with Crippen molar-refractivity contribution in [3.05, 3.63) is 12.3 Å². The van der Waals surface area contributed by atoms with E-state index in [0.717, 1.165) is 12.8 Å². The van der Waals surface area contributed by atoms with Crippen molar-refractivity contribution in [2.45, 2.75) is 25.3 Å². The summed E-state index contributed by atoms with van der Waals surface area (Å²) >= 11 is 5.56. The van der Waals surface area contributed by atoms with E-state index in [1.165, 1.54) is 4.31 Å². The second-order valence-corrected chi connectivity index (χ2v) is 7.45. The van der Waals surface area contributed by atoms with Crippen LogP contribution in [-0.2, 0) is 10.0 Å². The summed E-state index contributed by atoms with van der Waals surface area (Å²) in [6.45, 7) is 1.01. The molecule has 0 bridgehead atoms. The van der Waals surface area contributed by atoms with Crippen molar-refractivity contribution in [3.63, 3.8) is 0 Å². The molecular formula is C12H20ClN5O2S. The largest absolute Gasteiger partial charge is 0.384 e. The van der Waals surface area contributed by atoms with E-state index < -0.39 is 10.0 Å². The number of rotatable bonds is 6. The summed E-state index contributed by atoms with van der Waals surface area (Å²) in [6, 6.07) is 1.78. The van der Waals surface area contributed by atoms with Gasteiger partial charge in [-0.1, -0.05) is 0 Å². The highest BCUT2D eigenvalue weighted by molar-refractivity contribution is 7.89. The molecule has 2 rings (SSSR count). The van der Waals surface area contributed by atoms with E-state index in [0.29, 0.717) is 37.2 Å². The fraction of sp³-hybridized carbons (Fsp3) is 0.667. The van der Waals surface area contributed by atoms with Gasteiger partial charge in [0.05, 0.1) is 5.75 Å². The first-order chi connectivity index (χ1) is 10.0. The molecule has 0 spiro atoms. The summed E-state index contributed by atoms with van der Waals surface area (Å²) in [6.07, 6.45) is 3.52. The lowest BCUT2D eigenvalue weighted by Crippen LogP contribution is -2.43. The Morgan fingerprint density at radius 3 is 2.76 bits per heavy atom. The Balaban J connectivity index is 1.86. The number of sulfonamides is 1. The third-order valence-corrected chi connectivity index (χ3v) is 5.62. The number of nitrogen functional groups attached to an aromatic ring is 1. The smallest absolute Gasteiger partial charge is 0.224 e. The van der Waals surface area contributed by atoms with Crippen molar-refractivity contribution >= 4 is 33.4 Å². The second kappa shape index (κ2) is 7.24. The Hall–Kier alpha value is -1.12. The van der Waals surface area contributed by atoms with Crippen molar-refractivity contribution in [2.75, 3.05) is 35.8 Å². The number of aromatic nitrogens is 2. The zero-order valence-corrected chi connectivity index (χ0v) is 13.3. The minimum absolute atomic E-state index is 0.118. The molecule has 0 aliphatic carbocycles. The number of anilines is 2. The summed E-state index contributed by atoms with van der Waals surface area (Å²) in [4.78, 5) is 8.18. The van der Waals surface area contributed by atoms with Crippen LogP contribution < -0.4 is 11.1 Å². The van der Waals surface area contributed by atoms with Gasteiger partial charge in [-0.2, -0.15) is 4.98 Å². The fourth-order valence-corrected chi connectivity index (χ4v) is 4.10. The number of nitrogens with zero attached hydrogens (tertiary/aromatic N) is 3. The third-order valence-electron chi connectivity index (χ3n) is 3.39. The molecule has 1 saturated heterocycles. The minimum atomic E-state index is -3.18. The predicted octanol–water partition coefficient (Wildman–Crippen LogP) is 0.894. The maximum atomic E-state index is 12.1. The first kappa shape index (κ1) is 16.3. The lowest BCUT2D eigenvalue weighted by Gasteiger charge is -2.31. The molecule has 7 nitrogen and oxygen atoms in total. The van der Waals surface area contributed by atoms with E-state index in [2.05, 4.69) is 15.3 Å². The van der Waals surface area contributed by atoms with E-state index in [-0.39, 0.29) is 11.8 Å². The molecule has 2 heterocycles. The first-order valence-electron chi connectivity index (χ1n) is 6.90. The van der Waals surface area contributed by atoms with Gasteiger partial charge in [-0.3, -0.25) is 0 Å². The van der Waals surface area contributed by atoms with Crippen molar-refractivity contribution < 1.29 is 8.42 Å². The topological polar surface area (TPSA) is 101 Å². The van der Waals surface area contributed by atoms with Crippen LogP contribution in [0.15, 0.2) is 12.3 Å². The van der Waals surface area contributed by atoms with Gasteiger partial charge in [0.1, 0.15) is 5.82 Å². The Morgan fingerprint density at radius 2 is 2.14 bits per heavy atom. The molecule has 1 fully saturated rings. The molecule has 0 unspecified atom stereocenters. The minimum Gasteiger partial charge on any atom is -0.384 e. The summed E-state index contributed by atoms with van der Waals surface area (Å²) in [7, 11) is -3.18. The summed E-state index contributed by atoms with van der Waals surface area (Å²) in [5, 5.41) is 3.19. The molecule has 0 amide bonds. The number of nitrogens with one attached hydrogen (secondary N) is 1. The van der Waals surface area contributed by atoms with Gasteiger partial charge in [0, 0.05) is 31.2 Å². The number of alkyl halides is 1. The van der Waals surface area contributed by atoms with Crippen LogP contribution >= 0.6 is 11.6 Å². The van der Waals surface area contributed by atoms with Gasteiger partial charge in [-0.05, 0) is 25.3 Å². The molecule has 21 heavy (non-hydrogen) atoms. The molecule has 1 aromatic heterocycles. The molecule has 9 heteroatoms. The summed E-state index contributed by atoms with van der Waals surface area (Å²) in [5.74, 6) is 1.38. The van der Waals surface area contributed by atoms with Crippen LogP contribution in [-0.4, -0.2) is 53.5 Å². The highest BCUT2D eigenvalue weighted by Crippen LogP contribution is 2.18. The molecule has 118 valence electrons. The Morgan fingerprint density at radius 1 is 1.43 bits per heavy atom. The highest BCUT2D eigenvalue weighted by atomic mass is 35.5. The Bertz CT molecular complexity index is 561. The number of hydrogen-bond donors (Lipinski definition) is 2. The van der Waals surface area contributed by atoms with Crippen LogP contribution in [0.1, 0.15) is 19.3 Å². The molecule has 1 aromatic rings. The third kappa shape index (κ3) is 4.69. The zero-order valence-electron chi connectivity index (χ0n) is 11.7. The van der Waals surface area contributed by atoms with Crippen LogP contribution in [0, 0.1) is 0 Å². The van der Waals surface area contributed by atoms with E-state index in [1.807, 2.05) is 0 Å². The van der Waals surface area contributed by atoms with E-state index in [4.69, 9.17) is 17.3 Å². The molecular weight excluding hydrogens is 314 g/mol. The molecule has 0 saturated carbocycles. The average Bonchev–Trinajstić information content (AvgIpc) is 2.46. The SMILES string of the molecule is Nc1ccnc(NC2CCN(S(=O)(=O)CCCCl)CC2)n1. The lowest BCUT2D eigenvalue weighted by molar-refractivity contribution is 0.329. The average molecular weight is 334 g/mol. The number of halogens is 1. The maximum absolute atomic E-state index is 12.1. The van der Waals surface area contributed by atoms with Crippen LogP contribution in [0.2, 0.25) is 0 Å². The molecule has 0 atom stereocenters. The second-order valence-electron chi connectivity index (χ2n) is 4.98. The molecule has 1 aliphatic rings. The zero-order chi connectivity index (χ0) is 15.3. The van der Waals surface area contributed by atoms with Crippen LogP contribution in [0.3, 0.4) is 0 Å². The monoisotopic (exact) mass is 333 g/mol. The van der Waals surface area contributed by atoms with Gasteiger partial charge >= 0.3 is 0 Å². The molecule has 1 aliphatic heterocycles. The Kier molecular flexibility index (Phi) is 5.60. The number of nitrogens with two attached hydrogens (primary N) is 1. The van der Waals surface area contributed by atoms with Gasteiger partial charge < -0.3 is 11.1 Å². The Labute approximate surface area is 129 Å². The van der Waals surface area contributed by atoms with E-state index in [1.54, 1.807) is 12.3 Å². The van der Waals surface area contributed by atoms with Crippen molar-refractivity contribution in [2.24, 2.45) is 0 Å². The van der Waals surface area contributed by atoms with Crippen LogP contribution in [0.5, 0.6) is 0 Å². The predicted molar refractivity (Wildman–Crippen MR) is 83.8 cm³/mol. The first-order valence-corrected chi connectivity index (χ1v) is 9.04. The van der Waals surface area contributed by atoms with Crippen LogP contribution in [0.4, 0.5) is 11.8 Å². The van der Waals surface area contributed by atoms with Gasteiger partial charge in [-0.15, -0.1) is 11.6 Å². The highest BCUT2D eigenvalue weighted by Gasteiger charge is 2.27. The summed E-state index contributed by atoms with van der Waals surface area (Å²) in [5.41, 5.74) is 5.60. The maximum Gasteiger partial charge on any atom is 0.224 e. The van der Waals surface area contributed by atoms with Crippen molar-refractivity contribution in [3.8, 4) is 0 Å². The number of hydrogen-bond acceptors (Lipinski definition) is 6.